The van der Waals surface area contributed by atoms with Gasteiger partial charge in [-0.3, -0.25) is 10.1 Å². The lowest BCUT2D eigenvalue weighted by atomic mass is 10.1. The van der Waals surface area contributed by atoms with Crippen molar-refractivity contribution in [1.29, 1.82) is 0 Å². The van der Waals surface area contributed by atoms with Gasteiger partial charge in [-0.15, -0.1) is 0 Å². The lowest BCUT2D eigenvalue weighted by Crippen LogP contribution is -2.37. The second-order valence-electron chi connectivity index (χ2n) is 3.96. The molecule has 0 spiro atoms. The Bertz CT molecular complexity index is 349. The first-order valence-corrected chi connectivity index (χ1v) is 5.90. The number of nitrogens with one attached hydrogen (secondary N) is 1. The molecule has 96 valence electrons. The van der Waals surface area contributed by atoms with Gasteiger partial charge in [0.05, 0.1) is 19.9 Å². The summed E-state index contributed by atoms with van der Waals surface area (Å²) in [6.45, 7) is 4.37. The Morgan fingerprint density at radius 1 is 1.65 bits per heavy atom. The Balaban J connectivity index is 2.45. The normalized spacial score (nSPS) is 12.4. The van der Waals surface area contributed by atoms with Crippen LogP contribution in [0, 0.1) is 6.92 Å². The molecule has 0 aliphatic rings. The van der Waals surface area contributed by atoms with Crippen molar-refractivity contribution in [1.82, 2.24) is 10.3 Å². The van der Waals surface area contributed by atoms with Crippen LogP contribution in [0.2, 0.25) is 0 Å². The van der Waals surface area contributed by atoms with E-state index in [4.69, 9.17) is 9.15 Å². The molecule has 17 heavy (non-hydrogen) atoms. The molecule has 1 aromatic heterocycles. The molecule has 0 fully saturated rings. The zero-order valence-corrected chi connectivity index (χ0v) is 10.7. The van der Waals surface area contributed by atoms with Gasteiger partial charge in [-0.05, 0) is 13.3 Å². The fourth-order valence-corrected chi connectivity index (χ4v) is 1.55. The third-order valence-corrected chi connectivity index (χ3v) is 2.50. The van der Waals surface area contributed by atoms with Gasteiger partial charge >= 0.3 is 5.97 Å². The number of methoxy groups -OCH3 is 1. The van der Waals surface area contributed by atoms with E-state index in [0.29, 0.717) is 12.4 Å². The van der Waals surface area contributed by atoms with Crippen LogP contribution in [-0.2, 0) is 16.1 Å². The number of esters is 1. The van der Waals surface area contributed by atoms with E-state index in [0.717, 1.165) is 25.0 Å². The quantitative estimate of drug-likeness (QED) is 0.736. The third kappa shape index (κ3) is 4.56. The topological polar surface area (TPSA) is 64.4 Å². The zero-order valence-electron chi connectivity index (χ0n) is 10.7. The van der Waals surface area contributed by atoms with E-state index in [1.165, 1.54) is 7.11 Å². The average molecular weight is 240 g/mol. The molecule has 1 unspecified atom stereocenters. The van der Waals surface area contributed by atoms with Crippen molar-refractivity contribution in [3.8, 4) is 0 Å². The number of carbonyl (C=O) groups is 1. The molecule has 1 rings (SSSR count). The maximum absolute atomic E-state index is 11.5. The largest absolute Gasteiger partial charge is 0.468 e. The molecule has 5 heteroatoms. The summed E-state index contributed by atoms with van der Waals surface area (Å²) in [5.41, 5.74) is 0. The number of aromatic nitrogens is 1. The molecule has 1 N–H and O–H groups in total. The summed E-state index contributed by atoms with van der Waals surface area (Å²) in [4.78, 5) is 15.6. The van der Waals surface area contributed by atoms with Gasteiger partial charge in [0.15, 0.2) is 0 Å². The van der Waals surface area contributed by atoms with E-state index in [-0.39, 0.29) is 12.0 Å². The number of oxazole rings is 1. The van der Waals surface area contributed by atoms with Gasteiger partial charge in [-0.2, -0.15) is 0 Å². The molecule has 1 aromatic rings. The van der Waals surface area contributed by atoms with Gasteiger partial charge in [-0.25, -0.2) is 4.98 Å². The van der Waals surface area contributed by atoms with Crippen molar-refractivity contribution in [3.63, 3.8) is 0 Å². The van der Waals surface area contributed by atoms with Crippen LogP contribution < -0.4 is 5.32 Å². The Kier molecular flexibility index (Phi) is 5.69. The number of ether oxygens (including phenoxy) is 1. The van der Waals surface area contributed by atoms with Crippen LogP contribution in [-0.4, -0.2) is 24.1 Å². The first-order chi connectivity index (χ1) is 8.17. The van der Waals surface area contributed by atoms with E-state index in [1.54, 1.807) is 6.20 Å². The number of aryl methyl sites for hydroxylation is 1. The van der Waals surface area contributed by atoms with Crippen LogP contribution in [0.5, 0.6) is 0 Å². The second kappa shape index (κ2) is 7.06. The predicted molar refractivity (Wildman–Crippen MR) is 63.4 cm³/mol. The highest BCUT2D eigenvalue weighted by Crippen LogP contribution is 2.05. The standard InChI is InChI=1S/C12H20N2O3/c1-4-5-6-10(12(15)16-3)13-8-11-14-7-9(2)17-11/h7,10,13H,4-6,8H2,1-3H3. The fourth-order valence-electron chi connectivity index (χ4n) is 1.55. The molecule has 0 aliphatic heterocycles. The Morgan fingerprint density at radius 2 is 2.41 bits per heavy atom. The van der Waals surface area contributed by atoms with E-state index in [1.807, 2.05) is 6.92 Å². The predicted octanol–water partition coefficient (Wildman–Crippen LogP) is 1.80. The molecule has 0 saturated heterocycles. The van der Waals surface area contributed by atoms with Gasteiger partial charge in [0.25, 0.3) is 0 Å². The Morgan fingerprint density at radius 3 is 2.94 bits per heavy atom. The molecule has 0 radical (unpaired) electrons. The van der Waals surface area contributed by atoms with Gasteiger partial charge in [0.2, 0.25) is 5.89 Å². The summed E-state index contributed by atoms with van der Waals surface area (Å²) in [5, 5.41) is 3.10. The lowest BCUT2D eigenvalue weighted by Gasteiger charge is -2.14. The lowest BCUT2D eigenvalue weighted by molar-refractivity contribution is -0.143. The smallest absolute Gasteiger partial charge is 0.322 e. The SMILES string of the molecule is CCCCC(NCc1ncc(C)o1)C(=O)OC. The summed E-state index contributed by atoms with van der Waals surface area (Å²) in [7, 11) is 1.40. The van der Waals surface area contributed by atoms with Crippen LogP contribution in [0.3, 0.4) is 0 Å². The number of carbonyl (C=O) groups excluding carboxylic acids is 1. The number of hydrogen-bond donors (Lipinski definition) is 1. The summed E-state index contributed by atoms with van der Waals surface area (Å²) in [6, 6.07) is -0.285. The van der Waals surface area contributed by atoms with Crippen LogP contribution in [0.4, 0.5) is 0 Å². The molecule has 0 bridgehead atoms. The van der Waals surface area contributed by atoms with Crippen molar-refractivity contribution in [3.05, 3.63) is 17.8 Å². The van der Waals surface area contributed by atoms with Crippen molar-refractivity contribution in [2.75, 3.05) is 7.11 Å². The number of hydrogen-bond acceptors (Lipinski definition) is 5. The van der Waals surface area contributed by atoms with E-state index in [9.17, 15) is 4.79 Å². The van der Waals surface area contributed by atoms with Gasteiger partial charge in [-0.1, -0.05) is 19.8 Å². The first kappa shape index (κ1) is 13.7. The maximum atomic E-state index is 11.5. The van der Waals surface area contributed by atoms with Crippen LogP contribution in [0.25, 0.3) is 0 Å². The summed E-state index contributed by atoms with van der Waals surface area (Å²) in [5.74, 6) is 1.12. The molecule has 1 heterocycles. The fraction of sp³-hybridized carbons (Fsp3) is 0.667. The Labute approximate surface area is 102 Å². The van der Waals surface area contributed by atoms with Gasteiger partial charge in [0.1, 0.15) is 11.8 Å². The molecule has 5 nitrogen and oxygen atoms in total. The first-order valence-electron chi connectivity index (χ1n) is 5.90. The molecule has 0 saturated carbocycles. The summed E-state index contributed by atoms with van der Waals surface area (Å²) in [6.07, 6.45) is 4.46. The number of unbranched alkanes of at least 4 members (excludes halogenated alkanes) is 1. The van der Waals surface area contributed by atoms with E-state index >= 15 is 0 Å². The minimum Gasteiger partial charge on any atom is -0.468 e. The zero-order chi connectivity index (χ0) is 12.7. The molecular weight excluding hydrogens is 220 g/mol. The van der Waals surface area contributed by atoms with Crippen LogP contribution in [0.1, 0.15) is 37.8 Å². The summed E-state index contributed by atoms with van der Waals surface area (Å²) >= 11 is 0. The van der Waals surface area contributed by atoms with Gasteiger partial charge in [0, 0.05) is 0 Å². The number of nitrogens with zero attached hydrogens (tertiary/aromatic N) is 1. The van der Waals surface area contributed by atoms with E-state index in [2.05, 4.69) is 17.2 Å². The molecule has 0 aliphatic carbocycles. The van der Waals surface area contributed by atoms with Crippen molar-refractivity contribution < 1.29 is 13.9 Å². The van der Waals surface area contributed by atoms with Crippen molar-refractivity contribution in [2.24, 2.45) is 0 Å². The molecule has 0 aromatic carbocycles. The third-order valence-electron chi connectivity index (χ3n) is 2.50. The highest BCUT2D eigenvalue weighted by Gasteiger charge is 2.18. The van der Waals surface area contributed by atoms with Gasteiger partial charge < -0.3 is 9.15 Å². The molecular formula is C12H20N2O3. The van der Waals surface area contributed by atoms with Crippen molar-refractivity contribution >= 4 is 5.97 Å². The van der Waals surface area contributed by atoms with Crippen molar-refractivity contribution in [2.45, 2.75) is 45.7 Å². The highest BCUT2D eigenvalue weighted by molar-refractivity contribution is 5.75. The minimum atomic E-state index is -0.285. The Hall–Kier alpha value is -1.36. The summed E-state index contributed by atoms with van der Waals surface area (Å²) < 4.78 is 10.1. The minimum absolute atomic E-state index is 0.235. The average Bonchev–Trinajstić information content (AvgIpc) is 2.74. The number of rotatable bonds is 7. The van der Waals surface area contributed by atoms with Crippen LogP contribution in [0.15, 0.2) is 10.6 Å². The maximum Gasteiger partial charge on any atom is 0.322 e. The monoisotopic (exact) mass is 240 g/mol. The highest BCUT2D eigenvalue weighted by atomic mass is 16.5. The van der Waals surface area contributed by atoms with Crippen LogP contribution >= 0.6 is 0 Å². The molecule has 1 atom stereocenters. The second-order valence-corrected chi connectivity index (χ2v) is 3.96. The van der Waals surface area contributed by atoms with E-state index < -0.39 is 0 Å². The molecule has 0 amide bonds.